The number of nitrogens with zero attached hydrogens (tertiary/aromatic N) is 2. The molecule has 2 aliphatic rings. The number of thioether (sulfide) groups is 1. The monoisotopic (exact) mass is 262 g/mol. The molecule has 0 aromatic carbocycles. The van der Waals surface area contributed by atoms with E-state index >= 15 is 0 Å². The highest BCUT2D eigenvalue weighted by molar-refractivity contribution is 7.99. The highest BCUT2D eigenvalue weighted by Crippen LogP contribution is 2.23. The van der Waals surface area contributed by atoms with Crippen molar-refractivity contribution in [2.24, 2.45) is 0 Å². The molecule has 2 atom stereocenters. The van der Waals surface area contributed by atoms with Crippen molar-refractivity contribution in [3.63, 3.8) is 0 Å². The van der Waals surface area contributed by atoms with Crippen molar-refractivity contribution in [3.8, 4) is 0 Å². The van der Waals surface area contributed by atoms with E-state index in [1.807, 2.05) is 16.7 Å². The first kappa shape index (κ1) is 12.5. The van der Waals surface area contributed by atoms with Crippen LogP contribution < -0.4 is 0 Å². The summed E-state index contributed by atoms with van der Waals surface area (Å²) in [6.07, 6.45) is 1.31. The van der Waals surface area contributed by atoms with E-state index in [0.717, 1.165) is 32.2 Å². The molecule has 16 heavy (non-hydrogen) atoms. The van der Waals surface area contributed by atoms with Crippen molar-refractivity contribution in [3.05, 3.63) is 0 Å². The smallest absolute Gasteiger partial charge is 0.240 e. The lowest BCUT2D eigenvalue weighted by Crippen LogP contribution is -2.53. The summed E-state index contributed by atoms with van der Waals surface area (Å²) < 4.78 is 0. The molecule has 5 heteroatoms. The Morgan fingerprint density at radius 2 is 2.06 bits per heavy atom. The zero-order chi connectivity index (χ0) is 11.5. The van der Waals surface area contributed by atoms with Crippen LogP contribution in [0.1, 0.15) is 13.3 Å². The molecular weight excluding hydrogens is 244 g/mol. The van der Waals surface area contributed by atoms with E-state index in [9.17, 15) is 4.79 Å². The van der Waals surface area contributed by atoms with Crippen LogP contribution in [-0.2, 0) is 4.79 Å². The van der Waals surface area contributed by atoms with Crippen molar-refractivity contribution in [2.45, 2.75) is 24.8 Å². The minimum absolute atomic E-state index is 0.0853. The Labute approximate surface area is 106 Å². The van der Waals surface area contributed by atoms with Gasteiger partial charge in [0.15, 0.2) is 0 Å². The normalized spacial score (nSPS) is 29.4. The molecule has 0 unspecified atom stereocenters. The zero-order valence-electron chi connectivity index (χ0n) is 9.69. The Balaban J connectivity index is 1.80. The van der Waals surface area contributed by atoms with Gasteiger partial charge in [-0.05, 0) is 19.1 Å². The first-order valence-corrected chi connectivity index (χ1v) is 7.52. The lowest BCUT2D eigenvalue weighted by Gasteiger charge is -2.38. The van der Waals surface area contributed by atoms with E-state index in [1.54, 1.807) is 6.92 Å². The van der Waals surface area contributed by atoms with E-state index in [1.165, 1.54) is 17.9 Å². The summed E-state index contributed by atoms with van der Waals surface area (Å²) in [4.78, 5) is 16.1. The number of hydrogen-bond acceptors (Lipinski definition) is 3. The molecule has 92 valence electrons. The molecule has 2 fully saturated rings. The zero-order valence-corrected chi connectivity index (χ0v) is 11.3. The fourth-order valence-corrected chi connectivity index (χ4v) is 3.76. The van der Waals surface area contributed by atoms with Gasteiger partial charge < -0.3 is 4.90 Å². The van der Waals surface area contributed by atoms with E-state index in [4.69, 9.17) is 11.6 Å². The van der Waals surface area contributed by atoms with Crippen molar-refractivity contribution in [1.29, 1.82) is 0 Å². The van der Waals surface area contributed by atoms with Gasteiger partial charge in [-0.3, -0.25) is 9.69 Å². The quantitative estimate of drug-likeness (QED) is 0.700. The number of rotatable bonds is 2. The SMILES string of the molecule is C[C@@H](Cl)C(=O)N1CCN([C@H]2CCSC2)CC1. The summed E-state index contributed by atoms with van der Waals surface area (Å²) in [5, 5.41) is -0.381. The Hall–Kier alpha value is 0.0700. The topological polar surface area (TPSA) is 23.6 Å². The van der Waals surface area contributed by atoms with E-state index in [0.29, 0.717) is 0 Å². The van der Waals surface area contributed by atoms with Crippen LogP contribution in [0.3, 0.4) is 0 Å². The second kappa shape index (κ2) is 5.61. The minimum atomic E-state index is -0.381. The van der Waals surface area contributed by atoms with Crippen LogP contribution in [0.5, 0.6) is 0 Å². The molecule has 3 nitrogen and oxygen atoms in total. The maximum atomic E-state index is 11.7. The van der Waals surface area contributed by atoms with Crippen LogP contribution in [-0.4, -0.2) is 64.8 Å². The third-order valence-corrected chi connectivity index (χ3v) is 4.72. The maximum Gasteiger partial charge on any atom is 0.240 e. The van der Waals surface area contributed by atoms with Crippen LogP contribution in [0.15, 0.2) is 0 Å². The van der Waals surface area contributed by atoms with Gasteiger partial charge in [0.1, 0.15) is 5.38 Å². The molecule has 2 saturated heterocycles. The molecule has 1 amide bonds. The molecule has 0 saturated carbocycles. The van der Waals surface area contributed by atoms with Gasteiger partial charge in [-0.2, -0.15) is 11.8 Å². The van der Waals surface area contributed by atoms with E-state index in [2.05, 4.69) is 4.90 Å². The first-order chi connectivity index (χ1) is 7.68. The Kier molecular flexibility index (Phi) is 4.39. The summed E-state index contributed by atoms with van der Waals surface area (Å²) in [6.45, 7) is 5.47. The standard InChI is InChI=1S/C11H19ClN2OS/c1-9(12)11(15)14-5-3-13(4-6-14)10-2-7-16-8-10/h9-10H,2-8H2,1H3/t9-,10+/m1/s1. The molecule has 0 radical (unpaired) electrons. The Morgan fingerprint density at radius 3 is 2.56 bits per heavy atom. The predicted octanol–water partition coefficient (Wildman–Crippen LogP) is 1.26. The van der Waals surface area contributed by atoms with Crippen LogP contribution in [0, 0.1) is 0 Å². The maximum absolute atomic E-state index is 11.7. The second-order valence-electron chi connectivity index (χ2n) is 4.49. The number of hydrogen-bond donors (Lipinski definition) is 0. The van der Waals surface area contributed by atoms with Gasteiger partial charge in [-0.25, -0.2) is 0 Å². The van der Waals surface area contributed by atoms with Gasteiger partial charge in [-0.1, -0.05) is 0 Å². The van der Waals surface area contributed by atoms with Crippen molar-refractivity contribution >= 4 is 29.3 Å². The van der Waals surface area contributed by atoms with Crippen LogP contribution in [0.25, 0.3) is 0 Å². The number of halogens is 1. The molecular formula is C11H19ClN2OS. The average Bonchev–Trinajstić information content (AvgIpc) is 2.81. The van der Waals surface area contributed by atoms with Crippen LogP contribution in [0.2, 0.25) is 0 Å². The fraction of sp³-hybridized carbons (Fsp3) is 0.909. The molecule has 0 N–H and O–H groups in total. The number of amides is 1. The second-order valence-corrected chi connectivity index (χ2v) is 6.30. The predicted molar refractivity (Wildman–Crippen MR) is 69.2 cm³/mol. The minimum Gasteiger partial charge on any atom is -0.339 e. The first-order valence-electron chi connectivity index (χ1n) is 5.93. The Bertz CT molecular complexity index is 248. The van der Waals surface area contributed by atoms with Crippen molar-refractivity contribution < 1.29 is 4.79 Å². The summed E-state index contributed by atoms with van der Waals surface area (Å²) in [5.41, 5.74) is 0. The van der Waals surface area contributed by atoms with Gasteiger partial charge in [-0.15, -0.1) is 11.6 Å². The summed E-state index contributed by atoms with van der Waals surface area (Å²) in [6, 6.07) is 0.746. The summed E-state index contributed by atoms with van der Waals surface area (Å²) in [7, 11) is 0. The average molecular weight is 263 g/mol. The molecule has 0 spiro atoms. The molecule has 2 rings (SSSR count). The molecule has 0 aliphatic carbocycles. The molecule has 0 bridgehead atoms. The summed E-state index contributed by atoms with van der Waals surface area (Å²) in [5.74, 6) is 2.64. The van der Waals surface area contributed by atoms with E-state index in [-0.39, 0.29) is 11.3 Å². The van der Waals surface area contributed by atoms with Gasteiger partial charge >= 0.3 is 0 Å². The lowest BCUT2D eigenvalue weighted by atomic mass is 10.2. The molecule has 0 aromatic rings. The fourth-order valence-electron chi connectivity index (χ4n) is 2.37. The number of piperazine rings is 1. The largest absolute Gasteiger partial charge is 0.339 e. The Morgan fingerprint density at radius 1 is 1.38 bits per heavy atom. The van der Waals surface area contributed by atoms with Crippen molar-refractivity contribution in [2.75, 3.05) is 37.7 Å². The highest BCUT2D eigenvalue weighted by atomic mass is 35.5. The third kappa shape index (κ3) is 2.84. The molecule has 0 aromatic heterocycles. The molecule has 2 heterocycles. The van der Waals surface area contributed by atoms with Gasteiger partial charge in [0.25, 0.3) is 0 Å². The van der Waals surface area contributed by atoms with Gasteiger partial charge in [0.05, 0.1) is 0 Å². The third-order valence-electron chi connectivity index (χ3n) is 3.39. The molecule has 2 aliphatic heterocycles. The van der Waals surface area contributed by atoms with Gasteiger partial charge in [0.2, 0.25) is 5.91 Å². The highest BCUT2D eigenvalue weighted by Gasteiger charge is 2.28. The van der Waals surface area contributed by atoms with Crippen LogP contribution >= 0.6 is 23.4 Å². The van der Waals surface area contributed by atoms with Crippen molar-refractivity contribution in [1.82, 2.24) is 9.80 Å². The number of carbonyl (C=O) groups excluding carboxylic acids is 1. The van der Waals surface area contributed by atoms with Crippen LogP contribution in [0.4, 0.5) is 0 Å². The number of carbonyl (C=O) groups is 1. The lowest BCUT2D eigenvalue weighted by molar-refractivity contribution is -0.132. The number of alkyl halides is 1. The van der Waals surface area contributed by atoms with Gasteiger partial charge in [0, 0.05) is 38.0 Å². The summed E-state index contributed by atoms with van der Waals surface area (Å²) >= 11 is 7.86. The van der Waals surface area contributed by atoms with E-state index < -0.39 is 0 Å².